The maximum absolute atomic E-state index is 12.4. The van der Waals surface area contributed by atoms with Gasteiger partial charge in [-0.05, 0) is 38.5 Å². The highest BCUT2D eigenvalue weighted by Gasteiger charge is 2.36. The van der Waals surface area contributed by atoms with Crippen molar-refractivity contribution in [3.05, 3.63) is 29.8 Å². The molecule has 1 aromatic rings. The Bertz CT molecular complexity index is 777. The van der Waals surface area contributed by atoms with Crippen molar-refractivity contribution in [3.63, 3.8) is 0 Å². The van der Waals surface area contributed by atoms with Gasteiger partial charge < -0.3 is 24.8 Å². The number of anilines is 1. The van der Waals surface area contributed by atoms with Crippen molar-refractivity contribution >= 4 is 53.5 Å². The number of hydrogen-bond donors (Lipinski definition) is 1. The molecule has 3 aliphatic rings. The molecule has 7 nitrogen and oxygen atoms in total. The molecule has 0 aromatic heterocycles. The van der Waals surface area contributed by atoms with Crippen molar-refractivity contribution < 1.29 is 9.53 Å². The molecular formula is C22H34IN5O2S. The smallest absolute Gasteiger partial charge is 0.410 e. The van der Waals surface area contributed by atoms with Gasteiger partial charge in [0.25, 0.3) is 0 Å². The third-order valence-corrected chi connectivity index (χ3v) is 6.56. The normalized spacial score (nSPS) is 21.2. The monoisotopic (exact) mass is 559 g/mol. The second-order valence-electron chi connectivity index (χ2n) is 9.06. The Hall–Kier alpha value is -1.36. The van der Waals surface area contributed by atoms with Crippen LogP contribution in [0.4, 0.5) is 10.5 Å². The van der Waals surface area contributed by atoms with Crippen molar-refractivity contribution in [2.45, 2.75) is 39.0 Å². The van der Waals surface area contributed by atoms with Gasteiger partial charge in [0.05, 0.1) is 12.6 Å². The molecule has 31 heavy (non-hydrogen) atoms. The molecule has 1 atom stereocenters. The number of thioether (sulfide) groups is 1. The van der Waals surface area contributed by atoms with Gasteiger partial charge in [-0.1, -0.05) is 12.1 Å². The van der Waals surface area contributed by atoms with Crippen LogP contribution < -0.4 is 10.2 Å². The summed E-state index contributed by atoms with van der Waals surface area (Å²) in [5.74, 6) is 3.37. The summed E-state index contributed by atoms with van der Waals surface area (Å²) in [6.45, 7) is 11.6. The van der Waals surface area contributed by atoms with Gasteiger partial charge in [0.15, 0.2) is 5.96 Å². The van der Waals surface area contributed by atoms with E-state index in [1.54, 1.807) is 0 Å². The Kier molecular flexibility index (Phi) is 8.23. The quantitative estimate of drug-likeness (QED) is 0.575. The summed E-state index contributed by atoms with van der Waals surface area (Å²) in [5.41, 5.74) is 2.11. The van der Waals surface area contributed by atoms with Crippen LogP contribution in [0.5, 0.6) is 0 Å². The van der Waals surface area contributed by atoms with Crippen LogP contribution in [0.15, 0.2) is 29.3 Å². The molecule has 2 fully saturated rings. The van der Waals surface area contributed by atoms with Gasteiger partial charge in [0, 0.05) is 56.5 Å². The lowest BCUT2D eigenvalue weighted by molar-refractivity contribution is 0.0137. The van der Waals surface area contributed by atoms with Gasteiger partial charge in [0.2, 0.25) is 0 Å². The van der Waals surface area contributed by atoms with E-state index < -0.39 is 5.60 Å². The first-order valence-electron chi connectivity index (χ1n) is 10.8. The SMILES string of the molecule is CC(C)(C)OC(=O)N1CCN2C(NCc3ccc(N4CCSCC4)cc3)=NCC2C1.I. The number of carbonyl (C=O) groups excluding carboxylic acids is 1. The molecule has 172 valence electrons. The minimum absolute atomic E-state index is 0. The van der Waals surface area contributed by atoms with Gasteiger partial charge in [0.1, 0.15) is 5.60 Å². The highest BCUT2D eigenvalue weighted by Crippen LogP contribution is 2.21. The van der Waals surface area contributed by atoms with Crippen molar-refractivity contribution in [2.75, 3.05) is 55.7 Å². The van der Waals surface area contributed by atoms with Crippen LogP contribution in [0.3, 0.4) is 0 Å². The Balaban J connectivity index is 0.00000272. The topological polar surface area (TPSA) is 60.4 Å². The lowest BCUT2D eigenvalue weighted by atomic mass is 10.2. The molecule has 0 radical (unpaired) electrons. The lowest BCUT2D eigenvalue weighted by Crippen LogP contribution is -2.57. The second kappa shape index (κ2) is 10.5. The molecule has 0 bridgehead atoms. The maximum Gasteiger partial charge on any atom is 0.410 e. The summed E-state index contributed by atoms with van der Waals surface area (Å²) in [6.07, 6.45) is -0.226. The number of piperazine rings is 1. The van der Waals surface area contributed by atoms with Gasteiger partial charge in [-0.3, -0.25) is 4.99 Å². The zero-order valence-electron chi connectivity index (χ0n) is 18.7. The summed E-state index contributed by atoms with van der Waals surface area (Å²) in [6, 6.07) is 9.10. The van der Waals surface area contributed by atoms with Crippen LogP contribution in [-0.4, -0.2) is 84.3 Å². The number of nitrogens with one attached hydrogen (secondary N) is 1. The number of amides is 1. The number of carbonyl (C=O) groups is 1. The van der Waals surface area contributed by atoms with Crippen molar-refractivity contribution in [3.8, 4) is 0 Å². The van der Waals surface area contributed by atoms with E-state index in [0.717, 1.165) is 32.1 Å². The van der Waals surface area contributed by atoms with Gasteiger partial charge in [-0.15, -0.1) is 24.0 Å². The fraction of sp³-hybridized carbons (Fsp3) is 0.636. The summed E-state index contributed by atoms with van der Waals surface area (Å²) in [7, 11) is 0. The van der Waals surface area contributed by atoms with E-state index in [0.29, 0.717) is 19.6 Å². The summed E-state index contributed by atoms with van der Waals surface area (Å²) < 4.78 is 5.52. The molecule has 0 saturated carbocycles. The number of aliphatic imine (C=N–C) groups is 1. The number of hydrogen-bond acceptors (Lipinski definition) is 7. The Morgan fingerprint density at radius 3 is 2.55 bits per heavy atom. The minimum Gasteiger partial charge on any atom is -0.444 e. The maximum atomic E-state index is 12.4. The second-order valence-corrected chi connectivity index (χ2v) is 10.3. The average Bonchev–Trinajstić information content (AvgIpc) is 3.14. The summed E-state index contributed by atoms with van der Waals surface area (Å²) in [5, 5.41) is 3.50. The predicted molar refractivity (Wildman–Crippen MR) is 139 cm³/mol. The molecule has 0 spiro atoms. The zero-order valence-corrected chi connectivity index (χ0v) is 21.8. The number of nitrogens with zero attached hydrogens (tertiary/aromatic N) is 4. The lowest BCUT2D eigenvalue weighted by Gasteiger charge is -2.39. The minimum atomic E-state index is -0.463. The molecule has 1 N–H and O–H groups in total. The third kappa shape index (κ3) is 6.34. The number of rotatable bonds is 3. The van der Waals surface area contributed by atoms with E-state index in [4.69, 9.17) is 9.73 Å². The van der Waals surface area contributed by atoms with Crippen LogP contribution in [0.1, 0.15) is 26.3 Å². The van der Waals surface area contributed by atoms with Crippen molar-refractivity contribution in [2.24, 2.45) is 4.99 Å². The summed E-state index contributed by atoms with van der Waals surface area (Å²) >= 11 is 2.03. The highest BCUT2D eigenvalue weighted by atomic mass is 127. The number of fused-ring (bicyclic) bond motifs is 1. The summed E-state index contributed by atoms with van der Waals surface area (Å²) in [4.78, 5) is 23.6. The first-order chi connectivity index (χ1) is 14.4. The molecule has 0 aliphatic carbocycles. The zero-order chi connectivity index (χ0) is 21.1. The fourth-order valence-corrected chi connectivity index (χ4v) is 4.95. The van der Waals surface area contributed by atoms with Crippen molar-refractivity contribution in [1.82, 2.24) is 15.1 Å². The molecule has 9 heteroatoms. The number of benzene rings is 1. The van der Waals surface area contributed by atoms with E-state index in [-0.39, 0.29) is 36.1 Å². The van der Waals surface area contributed by atoms with Crippen molar-refractivity contribution in [1.29, 1.82) is 0 Å². The molecule has 1 aromatic carbocycles. The standard InChI is InChI=1S/C22H33N5O2S.HI/c1-22(2,3)29-21(28)26-8-9-27-19(16-26)15-24-20(27)23-14-17-4-6-18(7-5-17)25-10-12-30-13-11-25;/h4-7,19H,8-16H2,1-3H3,(H,23,24);1H. The molecule has 1 unspecified atom stereocenters. The molecule has 3 heterocycles. The molecule has 1 amide bonds. The first kappa shape index (κ1) is 24.3. The van der Waals surface area contributed by atoms with Crippen LogP contribution in [0.25, 0.3) is 0 Å². The molecule has 2 saturated heterocycles. The Labute approximate surface area is 207 Å². The Morgan fingerprint density at radius 2 is 1.87 bits per heavy atom. The molecule has 3 aliphatic heterocycles. The Morgan fingerprint density at radius 1 is 1.16 bits per heavy atom. The van der Waals surface area contributed by atoms with E-state index in [1.807, 2.05) is 37.4 Å². The first-order valence-corrected chi connectivity index (χ1v) is 12.0. The average molecular weight is 560 g/mol. The molecular weight excluding hydrogens is 525 g/mol. The van der Waals surface area contributed by atoms with E-state index in [1.165, 1.54) is 22.8 Å². The van der Waals surface area contributed by atoms with Crippen LogP contribution in [0.2, 0.25) is 0 Å². The van der Waals surface area contributed by atoms with Crippen LogP contribution >= 0.6 is 35.7 Å². The van der Waals surface area contributed by atoms with Crippen LogP contribution in [0, 0.1) is 0 Å². The van der Waals surface area contributed by atoms with Gasteiger partial charge >= 0.3 is 6.09 Å². The van der Waals surface area contributed by atoms with Crippen LogP contribution in [-0.2, 0) is 11.3 Å². The number of halogens is 1. The number of ether oxygens (including phenoxy) is 1. The van der Waals surface area contributed by atoms with Gasteiger partial charge in [-0.25, -0.2) is 4.79 Å². The third-order valence-electron chi connectivity index (χ3n) is 5.62. The fourth-order valence-electron chi connectivity index (χ4n) is 4.05. The largest absolute Gasteiger partial charge is 0.444 e. The number of guanidine groups is 1. The van der Waals surface area contributed by atoms with E-state index in [9.17, 15) is 4.79 Å². The predicted octanol–water partition coefficient (Wildman–Crippen LogP) is 3.24. The van der Waals surface area contributed by atoms with Gasteiger partial charge in [-0.2, -0.15) is 11.8 Å². The van der Waals surface area contributed by atoms with E-state index in [2.05, 4.69) is 39.4 Å². The van der Waals surface area contributed by atoms with E-state index >= 15 is 0 Å². The molecule has 4 rings (SSSR count). The highest BCUT2D eigenvalue weighted by molar-refractivity contribution is 14.0.